The van der Waals surface area contributed by atoms with E-state index in [9.17, 15) is 4.79 Å². The van der Waals surface area contributed by atoms with Crippen LogP contribution in [0.3, 0.4) is 0 Å². The van der Waals surface area contributed by atoms with Crippen molar-refractivity contribution >= 4 is 28.2 Å². The second-order valence-electron chi connectivity index (χ2n) is 5.93. The molecule has 3 aromatic rings. The Hall–Kier alpha value is -2.18. The molecule has 0 aliphatic carbocycles. The Labute approximate surface area is 151 Å². The second kappa shape index (κ2) is 7.37. The zero-order chi connectivity index (χ0) is 18.0. The van der Waals surface area contributed by atoms with Crippen LogP contribution in [0.1, 0.15) is 20.8 Å². The maximum absolute atomic E-state index is 12.7. The molecule has 3 rings (SSSR count). The van der Waals surface area contributed by atoms with E-state index in [1.807, 2.05) is 6.92 Å². The van der Waals surface area contributed by atoms with Crippen molar-refractivity contribution in [3.8, 4) is 5.88 Å². The maximum Gasteiger partial charge on any atom is 0.282 e. The third kappa shape index (κ3) is 3.75. The van der Waals surface area contributed by atoms with E-state index in [2.05, 4.69) is 28.8 Å². The fraction of sp³-hybridized carbons (Fsp3) is 0.389. The Kier molecular flexibility index (Phi) is 5.20. The van der Waals surface area contributed by atoms with E-state index in [-0.39, 0.29) is 11.7 Å². The van der Waals surface area contributed by atoms with Gasteiger partial charge in [-0.25, -0.2) is 4.98 Å². The van der Waals surface area contributed by atoms with E-state index >= 15 is 0 Å². The highest BCUT2D eigenvalue weighted by Gasteiger charge is 2.12. The smallest absolute Gasteiger partial charge is 0.282 e. The van der Waals surface area contributed by atoms with Gasteiger partial charge in [-0.05, 0) is 44.3 Å². The Balaban J connectivity index is 1.95. The molecule has 0 fully saturated rings. The molecule has 0 saturated heterocycles. The Morgan fingerprint density at radius 3 is 2.72 bits per heavy atom. The van der Waals surface area contributed by atoms with Crippen LogP contribution in [0.2, 0.25) is 5.02 Å². The SMILES string of the molecule is CCN(CC)C[C@H](C)Oc1ccc2nc3ccc(Cl)cc3c(=O)n2n1. The summed E-state index contributed by atoms with van der Waals surface area (Å²) in [6, 6.07) is 8.53. The molecule has 2 aromatic heterocycles. The third-order valence-electron chi connectivity index (χ3n) is 4.14. The molecule has 0 saturated carbocycles. The molecule has 6 nitrogen and oxygen atoms in total. The molecule has 0 aliphatic heterocycles. The number of hydrogen-bond acceptors (Lipinski definition) is 5. The number of hydrogen-bond donors (Lipinski definition) is 0. The highest BCUT2D eigenvalue weighted by atomic mass is 35.5. The molecular weight excluding hydrogens is 340 g/mol. The molecule has 0 spiro atoms. The lowest BCUT2D eigenvalue weighted by Gasteiger charge is -2.23. The number of rotatable bonds is 6. The fourth-order valence-corrected chi connectivity index (χ4v) is 2.97. The first-order chi connectivity index (χ1) is 12.0. The molecule has 0 radical (unpaired) electrons. The van der Waals surface area contributed by atoms with Gasteiger partial charge in [0.1, 0.15) is 6.10 Å². The van der Waals surface area contributed by atoms with Crippen LogP contribution in [0, 0.1) is 0 Å². The first kappa shape index (κ1) is 17.6. The van der Waals surface area contributed by atoms with Crippen molar-refractivity contribution in [3.63, 3.8) is 0 Å². The fourth-order valence-electron chi connectivity index (χ4n) is 2.80. The van der Waals surface area contributed by atoms with E-state index < -0.39 is 0 Å². The van der Waals surface area contributed by atoms with Gasteiger partial charge in [0.15, 0.2) is 5.65 Å². The van der Waals surface area contributed by atoms with E-state index in [0.717, 1.165) is 19.6 Å². The number of aromatic nitrogens is 3. The predicted octanol–water partition coefficient (Wildman–Crippen LogP) is 3.01. The molecule has 25 heavy (non-hydrogen) atoms. The first-order valence-corrected chi connectivity index (χ1v) is 8.78. The zero-order valence-electron chi connectivity index (χ0n) is 14.6. The topological polar surface area (TPSA) is 59.7 Å². The van der Waals surface area contributed by atoms with Gasteiger partial charge in [0.05, 0.1) is 10.9 Å². The summed E-state index contributed by atoms with van der Waals surface area (Å²) in [6.07, 6.45) is -0.0385. The largest absolute Gasteiger partial charge is 0.472 e. The maximum atomic E-state index is 12.7. The highest BCUT2D eigenvalue weighted by Crippen LogP contribution is 2.16. The van der Waals surface area contributed by atoms with Gasteiger partial charge < -0.3 is 9.64 Å². The zero-order valence-corrected chi connectivity index (χ0v) is 15.3. The molecule has 0 aliphatic rings. The normalized spacial score (nSPS) is 12.8. The summed E-state index contributed by atoms with van der Waals surface area (Å²) in [5.41, 5.74) is 0.813. The van der Waals surface area contributed by atoms with Crippen molar-refractivity contribution in [1.29, 1.82) is 0 Å². The van der Waals surface area contributed by atoms with Gasteiger partial charge in [0.25, 0.3) is 5.56 Å². The number of fused-ring (bicyclic) bond motifs is 2. The number of nitrogens with zero attached hydrogens (tertiary/aromatic N) is 4. The van der Waals surface area contributed by atoms with Gasteiger partial charge >= 0.3 is 0 Å². The second-order valence-corrected chi connectivity index (χ2v) is 6.37. The van der Waals surface area contributed by atoms with Crippen molar-refractivity contribution in [2.24, 2.45) is 0 Å². The van der Waals surface area contributed by atoms with Gasteiger partial charge in [0, 0.05) is 17.6 Å². The predicted molar refractivity (Wildman–Crippen MR) is 99.7 cm³/mol. The van der Waals surface area contributed by atoms with Gasteiger partial charge in [0.2, 0.25) is 5.88 Å². The van der Waals surface area contributed by atoms with E-state index in [1.165, 1.54) is 4.52 Å². The Morgan fingerprint density at radius 2 is 2.00 bits per heavy atom. The van der Waals surface area contributed by atoms with Crippen molar-refractivity contribution in [1.82, 2.24) is 19.5 Å². The number of benzene rings is 1. The van der Waals surface area contributed by atoms with Crippen LogP contribution in [-0.4, -0.2) is 45.2 Å². The Morgan fingerprint density at radius 1 is 1.24 bits per heavy atom. The van der Waals surface area contributed by atoms with E-state index in [4.69, 9.17) is 16.3 Å². The molecule has 0 amide bonds. The van der Waals surface area contributed by atoms with Crippen molar-refractivity contribution in [2.75, 3.05) is 19.6 Å². The summed E-state index contributed by atoms with van der Waals surface area (Å²) in [6.45, 7) is 8.95. The quantitative estimate of drug-likeness (QED) is 0.632. The molecule has 7 heteroatoms. The van der Waals surface area contributed by atoms with E-state index in [1.54, 1.807) is 30.3 Å². The lowest BCUT2D eigenvalue weighted by atomic mass is 10.2. The van der Waals surface area contributed by atoms with Gasteiger partial charge in [-0.1, -0.05) is 25.4 Å². The summed E-state index contributed by atoms with van der Waals surface area (Å²) in [7, 11) is 0. The molecule has 132 valence electrons. The molecule has 0 bridgehead atoms. The molecule has 1 atom stereocenters. The average Bonchev–Trinajstić information content (AvgIpc) is 2.61. The first-order valence-electron chi connectivity index (χ1n) is 8.40. The number of likely N-dealkylation sites (N-methyl/N-ethyl adjacent to an activating group) is 1. The van der Waals surface area contributed by atoms with Crippen LogP contribution in [0.4, 0.5) is 0 Å². The van der Waals surface area contributed by atoms with Crippen LogP contribution in [-0.2, 0) is 0 Å². The molecular formula is C18H21ClN4O2. The lowest BCUT2D eigenvalue weighted by molar-refractivity contribution is 0.146. The van der Waals surface area contributed by atoms with Crippen molar-refractivity contribution in [3.05, 3.63) is 45.7 Å². The van der Waals surface area contributed by atoms with Gasteiger partial charge in [-0.15, -0.1) is 5.10 Å². The third-order valence-corrected chi connectivity index (χ3v) is 4.37. The van der Waals surface area contributed by atoms with Crippen LogP contribution in [0.25, 0.3) is 16.6 Å². The number of ether oxygens (including phenoxy) is 1. The van der Waals surface area contributed by atoms with Crippen LogP contribution < -0.4 is 10.3 Å². The monoisotopic (exact) mass is 360 g/mol. The van der Waals surface area contributed by atoms with Crippen LogP contribution in [0.5, 0.6) is 5.88 Å². The van der Waals surface area contributed by atoms with Crippen LogP contribution in [0.15, 0.2) is 35.1 Å². The molecule has 2 heterocycles. The minimum absolute atomic E-state index is 0.0385. The van der Waals surface area contributed by atoms with Crippen molar-refractivity contribution in [2.45, 2.75) is 26.9 Å². The van der Waals surface area contributed by atoms with Crippen molar-refractivity contribution < 1.29 is 4.74 Å². The van der Waals surface area contributed by atoms with E-state index in [0.29, 0.717) is 27.5 Å². The van der Waals surface area contributed by atoms with Gasteiger partial charge in [-0.2, -0.15) is 4.52 Å². The average molecular weight is 361 g/mol. The standard InChI is InChI=1S/C18H21ClN4O2/c1-4-22(5-2)11-12(3)25-17-9-8-16-20-15-7-6-13(19)10-14(15)18(24)23(16)21-17/h6-10,12H,4-5,11H2,1-3H3/t12-/m0/s1. The number of halogens is 1. The highest BCUT2D eigenvalue weighted by molar-refractivity contribution is 6.31. The molecule has 0 unspecified atom stereocenters. The van der Waals surface area contributed by atoms with Gasteiger partial charge in [-0.3, -0.25) is 4.79 Å². The Bertz CT molecular complexity index is 953. The molecule has 0 N–H and O–H groups in total. The molecule has 1 aromatic carbocycles. The minimum atomic E-state index is -0.260. The summed E-state index contributed by atoms with van der Waals surface area (Å²) in [5.74, 6) is 0.400. The van der Waals surface area contributed by atoms with Crippen LogP contribution >= 0.6 is 11.6 Å². The summed E-state index contributed by atoms with van der Waals surface area (Å²) in [4.78, 5) is 19.4. The minimum Gasteiger partial charge on any atom is -0.472 e. The lowest BCUT2D eigenvalue weighted by Crippen LogP contribution is -2.34. The summed E-state index contributed by atoms with van der Waals surface area (Å²) in [5, 5.41) is 5.24. The summed E-state index contributed by atoms with van der Waals surface area (Å²) >= 11 is 5.99. The summed E-state index contributed by atoms with van der Waals surface area (Å²) < 4.78 is 7.14.